The van der Waals surface area contributed by atoms with Gasteiger partial charge in [-0.15, -0.1) is 0 Å². The van der Waals surface area contributed by atoms with E-state index in [4.69, 9.17) is 0 Å². The fourth-order valence-corrected chi connectivity index (χ4v) is 3.45. The maximum Gasteiger partial charge on any atom is 0.0630 e. The summed E-state index contributed by atoms with van der Waals surface area (Å²) in [7, 11) is 0. The van der Waals surface area contributed by atoms with E-state index in [1.165, 1.54) is 22.3 Å². The second-order valence-electron chi connectivity index (χ2n) is 6.54. The highest BCUT2D eigenvalue weighted by Gasteiger charge is 2.21. The topological polar surface area (TPSA) is 0 Å². The second kappa shape index (κ2) is 7.77. The van der Waals surface area contributed by atoms with Gasteiger partial charge in [-0.3, -0.25) is 0 Å². The summed E-state index contributed by atoms with van der Waals surface area (Å²) in [4.78, 5) is 0. The summed E-state index contributed by atoms with van der Waals surface area (Å²) in [5.41, 5.74) is 5.05. The standard InChI is InChI=1S/C26H20/c1-3-13-23(14-4-1)25-19-9-17-21-11-7-8-12-22(21)18-10-20-26(25)24-15-5-2-6-16-24/h1-8,11-16,25-26H,17-18H2/t25-,26-/m0/s1. The zero-order valence-electron chi connectivity index (χ0n) is 14.7. The minimum absolute atomic E-state index is 0.0800. The number of fused-ring (bicyclic) bond motifs is 1. The molecule has 0 nitrogen and oxygen atoms in total. The maximum absolute atomic E-state index is 3.54. The summed E-state index contributed by atoms with van der Waals surface area (Å²) in [6.07, 6.45) is 1.56. The van der Waals surface area contributed by atoms with Crippen molar-refractivity contribution in [1.82, 2.24) is 0 Å². The van der Waals surface area contributed by atoms with Gasteiger partial charge in [-0.2, -0.15) is 0 Å². The van der Waals surface area contributed by atoms with Gasteiger partial charge in [0.15, 0.2) is 0 Å². The van der Waals surface area contributed by atoms with E-state index in [0.717, 1.165) is 12.8 Å². The Morgan fingerprint density at radius 2 is 0.885 bits per heavy atom. The van der Waals surface area contributed by atoms with Gasteiger partial charge in [0.2, 0.25) is 0 Å². The van der Waals surface area contributed by atoms with Crippen molar-refractivity contribution < 1.29 is 0 Å². The van der Waals surface area contributed by atoms with E-state index in [9.17, 15) is 0 Å². The monoisotopic (exact) mass is 332 g/mol. The van der Waals surface area contributed by atoms with Gasteiger partial charge in [-0.1, -0.05) is 109 Å². The molecule has 2 atom stereocenters. The van der Waals surface area contributed by atoms with Crippen LogP contribution >= 0.6 is 0 Å². The molecule has 3 aromatic rings. The van der Waals surface area contributed by atoms with Crippen molar-refractivity contribution in [1.29, 1.82) is 0 Å². The Bertz CT molecular complexity index is 907. The molecule has 0 amide bonds. The highest BCUT2D eigenvalue weighted by molar-refractivity contribution is 5.43. The van der Waals surface area contributed by atoms with Gasteiger partial charge in [0.25, 0.3) is 0 Å². The Balaban J connectivity index is 1.82. The Labute approximate surface area is 155 Å². The van der Waals surface area contributed by atoms with Crippen LogP contribution in [0.1, 0.15) is 34.1 Å². The third-order valence-electron chi connectivity index (χ3n) is 4.84. The normalized spacial score (nSPS) is 18.5. The summed E-state index contributed by atoms with van der Waals surface area (Å²) < 4.78 is 0. The van der Waals surface area contributed by atoms with Crippen molar-refractivity contribution in [3.63, 3.8) is 0 Å². The SMILES string of the molecule is C1#C[C@@H](c2ccccc2)[C@H](c2ccccc2)C#CCc2ccccc2C1. The summed E-state index contributed by atoms with van der Waals surface area (Å²) in [5.74, 6) is 14.1. The molecule has 0 saturated carbocycles. The lowest BCUT2D eigenvalue weighted by Crippen LogP contribution is -2.09. The van der Waals surface area contributed by atoms with E-state index < -0.39 is 0 Å². The van der Waals surface area contributed by atoms with E-state index in [2.05, 4.69) is 109 Å². The van der Waals surface area contributed by atoms with Crippen LogP contribution < -0.4 is 0 Å². The van der Waals surface area contributed by atoms with E-state index in [-0.39, 0.29) is 11.8 Å². The number of hydrogen-bond donors (Lipinski definition) is 0. The summed E-state index contributed by atoms with van der Waals surface area (Å²) in [6.45, 7) is 0. The molecule has 0 radical (unpaired) electrons. The average molecular weight is 332 g/mol. The molecule has 0 bridgehead atoms. The van der Waals surface area contributed by atoms with Crippen molar-refractivity contribution in [2.45, 2.75) is 24.7 Å². The first-order valence-corrected chi connectivity index (χ1v) is 9.05. The van der Waals surface area contributed by atoms with Crippen molar-refractivity contribution >= 4 is 0 Å². The third kappa shape index (κ3) is 3.56. The van der Waals surface area contributed by atoms with Gasteiger partial charge < -0.3 is 0 Å². The van der Waals surface area contributed by atoms with Crippen LogP contribution in [0.5, 0.6) is 0 Å². The molecule has 0 spiro atoms. The molecular weight excluding hydrogens is 312 g/mol. The lowest BCUT2D eigenvalue weighted by Gasteiger charge is -2.20. The third-order valence-corrected chi connectivity index (χ3v) is 4.84. The predicted molar refractivity (Wildman–Crippen MR) is 108 cm³/mol. The van der Waals surface area contributed by atoms with Crippen LogP contribution in [0.15, 0.2) is 84.9 Å². The summed E-state index contributed by atoms with van der Waals surface area (Å²) in [6, 6.07) is 29.6. The molecule has 0 unspecified atom stereocenters. The minimum atomic E-state index is 0.0800. The summed E-state index contributed by atoms with van der Waals surface area (Å²) >= 11 is 0. The van der Waals surface area contributed by atoms with Crippen LogP contribution in [0, 0.1) is 23.7 Å². The van der Waals surface area contributed by atoms with Crippen LogP contribution in [0.2, 0.25) is 0 Å². The van der Waals surface area contributed by atoms with Crippen molar-refractivity contribution in [3.8, 4) is 23.7 Å². The van der Waals surface area contributed by atoms with Gasteiger partial charge >= 0.3 is 0 Å². The van der Waals surface area contributed by atoms with Crippen molar-refractivity contribution in [3.05, 3.63) is 107 Å². The van der Waals surface area contributed by atoms with Crippen LogP contribution in [0.25, 0.3) is 0 Å². The molecule has 124 valence electrons. The van der Waals surface area contributed by atoms with Gasteiger partial charge in [0, 0.05) is 12.8 Å². The highest BCUT2D eigenvalue weighted by atomic mass is 14.2. The van der Waals surface area contributed by atoms with Crippen molar-refractivity contribution in [2.75, 3.05) is 0 Å². The van der Waals surface area contributed by atoms with Crippen molar-refractivity contribution in [2.24, 2.45) is 0 Å². The first-order chi connectivity index (χ1) is 12.9. The van der Waals surface area contributed by atoms with Crippen LogP contribution in [-0.2, 0) is 12.8 Å². The molecule has 4 rings (SSSR count). The quantitative estimate of drug-likeness (QED) is 0.554. The average Bonchev–Trinajstić information content (AvgIpc) is 2.72. The number of benzene rings is 3. The fraction of sp³-hybridized carbons (Fsp3) is 0.154. The molecular formula is C26H20. The number of rotatable bonds is 2. The molecule has 1 aliphatic carbocycles. The Morgan fingerprint density at radius 3 is 1.31 bits per heavy atom. The van der Waals surface area contributed by atoms with Gasteiger partial charge in [0.1, 0.15) is 0 Å². The molecule has 0 saturated heterocycles. The smallest absolute Gasteiger partial charge is 0.0630 e. The Morgan fingerprint density at radius 1 is 0.500 bits per heavy atom. The Hall–Kier alpha value is -3.22. The van der Waals surface area contributed by atoms with Gasteiger partial charge in [-0.25, -0.2) is 0 Å². The maximum atomic E-state index is 3.54. The van der Waals surface area contributed by atoms with E-state index in [1.807, 2.05) is 0 Å². The lowest BCUT2D eigenvalue weighted by molar-refractivity contribution is 0.778. The Kier molecular flexibility index (Phi) is 4.86. The van der Waals surface area contributed by atoms with E-state index in [0.29, 0.717) is 0 Å². The molecule has 0 fully saturated rings. The molecule has 3 aromatic carbocycles. The molecule has 0 aliphatic heterocycles. The van der Waals surface area contributed by atoms with E-state index >= 15 is 0 Å². The number of hydrogen-bond acceptors (Lipinski definition) is 0. The zero-order valence-corrected chi connectivity index (χ0v) is 14.7. The first-order valence-electron chi connectivity index (χ1n) is 9.05. The van der Waals surface area contributed by atoms with Crippen LogP contribution in [0.3, 0.4) is 0 Å². The van der Waals surface area contributed by atoms with E-state index in [1.54, 1.807) is 0 Å². The van der Waals surface area contributed by atoms with Gasteiger partial charge in [0.05, 0.1) is 11.8 Å². The van der Waals surface area contributed by atoms with Crippen LogP contribution in [0.4, 0.5) is 0 Å². The largest absolute Gasteiger partial charge is 0.0978 e. The van der Waals surface area contributed by atoms with Crippen LogP contribution in [-0.4, -0.2) is 0 Å². The van der Waals surface area contributed by atoms with Gasteiger partial charge in [-0.05, 0) is 22.3 Å². The molecule has 0 aromatic heterocycles. The molecule has 0 N–H and O–H groups in total. The predicted octanol–water partition coefficient (Wildman–Crippen LogP) is 5.36. The minimum Gasteiger partial charge on any atom is -0.0978 e. The molecule has 0 heteroatoms. The highest BCUT2D eigenvalue weighted by Crippen LogP contribution is 2.32. The molecule has 1 aliphatic rings. The second-order valence-corrected chi connectivity index (χ2v) is 6.54. The first kappa shape index (κ1) is 16.3. The molecule has 0 heterocycles. The fourth-order valence-electron chi connectivity index (χ4n) is 3.45. The zero-order chi connectivity index (χ0) is 17.6. The summed E-state index contributed by atoms with van der Waals surface area (Å²) in [5, 5.41) is 0. The molecule has 26 heavy (non-hydrogen) atoms. The lowest BCUT2D eigenvalue weighted by atomic mass is 9.81.